The highest BCUT2D eigenvalue weighted by Gasteiger charge is 2.12. The van der Waals surface area contributed by atoms with Gasteiger partial charge in [0.2, 0.25) is 0 Å². The van der Waals surface area contributed by atoms with Gasteiger partial charge in [-0.3, -0.25) is 9.59 Å². The van der Waals surface area contributed by atoms with Gasteiger partial charge in [-0.25, -0.2) is 0 Å². The molecule has 1 aromatic heterocycles. The smallest absolute Gasteiger partial charge is 0.307 e. The molecule has 2 aromatic carbocycles. The van der Waals surface area contributed by atoms with E-state index in [0.29, 0.717) is 35.0 Å². The Morgan fingerprint density at radius 2 is 1.83 bits per heavy atom. The molecule has 3 aromatic rings. The molecule has 0 aliphatic heterocycles. The lowest BCUT2D eigenvalue weighted by Crippen LogP contribution is -2.19. The standard InChI is InChI=1S/C21H22N2O5S/c1-4-28-19(24)10-11-23-17-13-16(27-3)8-9-18(17)29-21(23)22-20(25)14-6-5-7-15(12-14)26-2/h5-9,12-13H,4,10-11H2,1-3H3. The van der Waals surface area contributed by atoms with Gasteiger partial charge in [-0.15, -0.1) is 0 Å². The Morgan fingerprint density at radius 3 is 2.55 bits per heavy atom. The van der Waals surface area contributed by atoms with E-state index in [1.165, 1.54) is 11.3 Å². The van der Waals surface area contributed by atoms with Gasteiger partial charge in [0.1, 0.15) is 11.5 Å². The largest absolute Gasteiger partial charge is 0.497 e. The minimum Gasteiger partial charge on any atom is -0.497 e. The Hall–Kier alpha value is -3.13. The van der Waals surface area contributed by atoms with Crippen molar-refractivity contribution in [1.82, 2.24) is 4.57 Å². The Kier molecular flexibility index (Phi) is 6.66. The zero-order chi connectivity index (χ0) is 20.8. The zero-order valence-electron chi connectivity index (χ0n) is 16.5. The molecule has 29 heavy (non-hydrogen) atoms. The number of nitrogens with zero attached hydrogens (tertiary/aromatic N) is 2. The van der Waals surface area contributed by atoms with Crippen LogP contribution >= 0.6 is 11.3 Å². The summed E-state index contributed by atoms with van der Waals surface area (Å²) in [6, 6.07) is 12.5. The maximum atomic E-state index is 12.7. The van der Waals surface area contributed by atoms with Crippen LogP contribution in [0, 0.1) is 0 Å². The lowest BCUT2D eigenvalue weighted by Gasteiger charge is -2.06. The van der Waals surface area contributed by atoms with E-state index in [1.54, 1.807) is 45.4 Å². The van der Waals surface area contributed by atoms with E-state index in [1.807, 2.05) is 22.8 Å². The fourth-order valence-corrected chi connectivity index (χ4v) is 3.86. The molecule has 0 spiro atoms. The summed E-state index contributed by atoms with van der Waals surface area (Å²) >= 11 is 1.38. The summed E-state index contributed by atoms with van der Waals surface area (Å²) in [7, 11) is 3.14. The number of aryl methyl sites for hydroxylation is 1. The third-order valence-corrected chi connectivity index (χ3v) is 5.31. The monoisotopic (exact) mass is 414 g/mol. The molecule has 0 N–H and O–H groups in total. The number of benzene rings is 2. The number of thiazole rings is 1. The van der Waals surface area contributed by atoms with Gasteiger partial charge in [-0.2, -0.15) is 4.99 Å². The molecular weight excluding hydrogens is 392 g/mol. The Bertz CT molecular complexity index is 1100. The van der Waals surface area contributed by atoms with Crippen molar-refractivity contribution in [3.63, 3.8) is 0 Å². The van der Waals surface area contributed by atoms with Crippen molar-refractivity contribution in [2.24, 2.45) is 4.99 Å². The van der Waals surface area contributed by atoms with Gasteiger partial charge in [-0.1, -0.05) is 17.4 Å². The maximum Gasteiger partial charge on any atom is 0.307 e. The van der Waals surface area contributed by atoms with Crippen molar-refractivity contribution in [1.29, 1.82) is 0 Å². The number of methoxy groups -OCH3 is 2. The van der Waals surface area contributed by atoms with E-state index >= 15 is 0 Å². The van der Waals surface area contributed by atoms with Crippen LogP contribution in [-0.2, 0) is 16.1 Å². The number of esters is 1. The van der Waals surface area contributed by atoms with Crippen LogP contribution < -0.4 is 14.3 Å². The van der Waals surface area contributed by atoms with Crippen molar-refractivity contribution in [2.75, 3.05) is 20.8 Å². The first-order valence-electron chi connectivity index (χ1n) is 9.11. The number of aromatic nitrogens is 1. The van der Waals surface area contributed by atoms with E-state index in [4.69, 9.17) is 14.2 Å². The molecule has 152 valence electrons. The van der Waals surface area contributed by atoms with Crippen LogP contribution in [0.4, 0.5) is 0 Å². The summed E-state index contributed by atoms with van der Waals surface area (Å²) in [5, 5.41) is 0. The van der Waals surface area contributed by atoms with E-state index in [-0.39, 0.29) is 18.3 Å². The highest BCUT2D eigenvalue weighted by Crippen LogP contribution is 2.23. The summed E-state index contributed by atoms with van der Waals surface area (Å²) in [5.74, 6) is 0.591. The second-order valence-corrected chi connectivity index (χ2v) is 7.08. The first kappa shape index (κ1) is 20.6. The quantitative estimate of drug-likeness (QED) is 0.554. The molecule has 0 radical (unpaired) electrons. The lowest BCUT2D eigenvalue weighted by atomic mass is 10.2. The van der Waals surface area contributed by atoms with Crippen molar-refractivity contribution < 1.29 is 23.8 Å². The summed E-state index contributed by atoms with van der Waals surface area (Å²) in [5.41, 5.74) is 1.27. The normalized spacial score (nSPS) is 11.5. The lowest BCUT2D eigenvalue weighted by molar-refractivity contribution is -0.143. The van der Waals surface area contributed by atoms with Gasteiger partial charge >= 0.3 is 5.97 Å². The number of amides is 1. The molecule has 0 saturated carbocycles. The molecule has 0 aliphatic carbocycles. The maximum absolute atomic E-state index is 12.7. The number of carbonyl (C=O) groups is 2. The van der Waals surface area contributed by atoms with Gasteiger partial charge in [0.05, 0.1) is 37.5 Å². The fraction of sp³-hybridized carbons (Fsp3) is 0.286. The van der Waals surface area contributed by atoms with Gasteiger partial charge in [0.25, 0.3) is 5.91 Å². The SMILES string of the molecule is CCOC(=O)CCn1c(=NC(=O)c2cccc(OC)c2)sc2ccc(OC)cc21. The van der Waals surface area contributed by atoms with Gasteiger partial charge in [0.15, 0.2) is 4.80 Å². The number of ether oxygens (including phenoxy) is 3. The van der Waals surface area contributed by atoms with Crippen molar-refractivity contribution >= 4 is 33.4 Å². The Labute approximate surface area is 172 Å². The van der Waals surface area contributed by atoms with Crippen LogP contribution in [0.15, 0.2) is 47.5 Å². The molecular formula is C21H22N2O5S. The average molecular weight is 414 g/mol. The van der Waals surface area contributed by atoms with E-state index in [0.717, 1.165) is 10.2 Å². The highest BCUT2D eigenvalue weighted by atomic mass is 32.1. The van der Waals surface area contributed by atoms with Crippen LogP contribution in [-0.4, -0.2) is 37.3 Å². The molecule has 0 atom stereocenters. The molecule has 0 unspecified atom stereocenters. The number of carbonyl (C=O) groups excluding carboxylic acids is 2. The third kappa shape index (κ3) is 4.83. The molecule has 7 nitrogen and oxygen atoms in total. The van der Waals surface area contributed by atoms with Gasteiger partial charge < -0.3 is 18.8 Å². The van der Waals surface area contributed by atoms with Crippen molar-refractivity contribution in [2.45, 2.75) is 19.9 Å². The summed E-state index contributed by atoms with van der Waals surface area (Å²) in [6.07, 6.45) is 0.178. The minimum atomic E-state index is -0.382. The van der Waals surface area contributed by atoms with Crippen molar-refractivity contribution in [3.8, 4) is 11.5 Å². The van der Waals surface area contributed by atoms with E-state index in [2.05, 4.69) is 4.99 Å². The number of hydrogen-bond acceptors (Lipinski definition) is 6. The first-order chi connectivity index (χ1) is 14.0. The van der Waals surface area contributed by atoms with Gasteiger partial charge in [0, 0.05) is 18.2 Å². The summed E-state index contributed by atoms with van der Waals surface area (Å²) in [4.78, 5) is 29.4. The molecule has 0 aliphatic rings. The van der Waals surface area contributed by atoms with Crippen LogP contribution in [0.2, 0.25) is 0 Å². The van der Waals surface area contributed by atoms with Crippen LogP contribution in [0.5, 0.6) is 11.5 Å². The molecule has 1 heterocycles. The van der Waals surface area contributed by atoms with Crippen LogP contribution in [0.25, 0.3) is 10.2 Å². The zero-order valence-corrected chi connectivity index (χ0v) is 17.3. The predicted octanol–water partition coefficient (Wildman–Crippen LogP) is 3.41. The van der Waals surface area contributed by atoms with E-state index in [9.17, 15) is 9.59 Å². The minimum absolute atomic E-state index is 0.178. The second kappa shape index (κ2) is 9.38. The number of fused-ring (bicyclic) bond motifs is 1. The van der Waals surface area contributed by atoms with Gasteiger partial charge in [-0.05, 0) is 37.3 Å². The van der Waals surface area contributed by atoms with Crippen LogP contribution in [0.1, 0.15) is 23.7 Å². The summed E-state index contributed by atoms with van der Waals surface area (Å²) < 4.78 is 18.3. The first-order valence-corrected chi connectivity index (χ1v) is 9.93. The fourth-order valence-electron chi connectivity index (χ4n) is 2.82. The molecule has 0 fully saturated rings. The summed E-state index contributed by atoms with van der Waals surface area (Å²) in [6.45, 7) is 2.44. The Morgan fingerprint density at radius 1 is 1.07 bits per heavy atom. The third-order valence-electron chi connectivity index (χ3n) is 4.25. The number of hydrogen-bond donors (Lipinski definition) is 0. The molecule has 0 saturated heterocycles. The van der Waals surface area contributed by atoms with Crippen LogP contribution in [0.3, 0.4) is 0 Å². The second-order valence-electron chi connectivity index (χ2n) is 6.07. The molecule has 0 bridgehead atoms. The molecule has 1 amide bonds. The molecule has 8 heteroatoms. The predicted molar refractivity (Wildman–Crippen MR) is 111 cm³/mol. The van der Waals surface area contributed by atoms with E-state index < -0.39 is 0 Å². The average Bonchev–Trinajstić information content (AvgIpc) is 3.08. The molecule has 3 rings (SSSR count). The van der Waals surface area contributed by atoms with Crippen molar-refractivity contribution in [3.05, 3.63) is 52.8 Å². The topological polar surface area (TPSA) is 79.1 Å². The highest BCUT2D eigenvalue weighted by molar-refractivity contribution is 7.16. The Balaban J connectivity index is 2.04. The number of rotatable bonds is 7.